The van der Waals surface area contributed by atoms with Crippen molar-refractivity contribution in [2.45, 2.75) is 11.8 Å². The van der Waals surface area contributed by atoms with Gasteiger partial charge in [0.25, 0.3) is 0 Å². The number of nitrogens with zero attached hydrogens (tertiary/aromatic N) is 3. The average molecular weight is 472 g/mol. The van der Waals surface area contributed by atoms with Gasteiger partial charge in [0.05, 0.1) is 6.20 Å². The molecule has 3 amide bonds. The Morgan fingerprint density at radius 3 is 2.93 bits per heavy atom. The number of aliphatic hydroxyl groups excluding tert-OH is 1. The Hall–Kier alpha value is -1.68. The van der Waals surface area contributed by atoms with E-state index in [-0.39, 0.29) is 17.4 Å². The van der Waals surface area contributed by atoms with Crippen LogP contribution < -0.4 is 10.2 Å². The summed E-state index contributed by atoms with van der Waals surface area (Å²) in [5, 5.41) is 12.4. The van der Waals surface area contributed by atoms with Crippen molar-refractivity contribution in [3.05, 3.63) is 38.8 Å². The molecule has 10 heteroatoms. The van der Waals surface area contributed by atoms with E-state index in [1.54, 1.807) is 9.80 Å². The van der Waals surface area contributed by atoms with E-state index >= 15 is 0 Å². The molecule has 7 nitrogen and oxygen atoms in total. The zero-order valence-electron chi connectivity index (χ0n) is 14.1. The third-order valence-corrected chi connectivity index (χ3v) is 6.58. The summed E-state index contributed by atoms with van der Waals surface area (Å²) in [5.74, 6) is -0.288. The Bertz CT molecular complexity index is 923. The van der Waals surface area contributed by atoms with Crippen LogP contribution in [-0.2, 0) is 10.2 Å². The molecule has 142 valence electrons. The largest absolute Gasteiger partial charge is 0.387 e. The Morgan fingerprint density at radius 1 is 1.41 bits per heavy atom. The number of likely N-dealkylation sites (tertiary alicyclic amines) is 1. The summed E-state index contributed by atoms with van der Waals surface area (Å²) in [7, 11) is 0. The molecule has 0 bridgehead atoms. The molecule has 0 aliphatic carbocycles. The SMILES string of the molecule is O=C(CO)N1CCC2(C1)CN(C(=O)Nc1ncc(Cl)s1)c1ccc(Br)cc12. The number of thiazole rings is 1. The zero-order valence-corrected chi connectivity index (χ0v) is 17.3. The van der Waals surface area contributed by atoms with Gasteiger partial charge in [0.1, 0.15) is 10.9 Å². The van der Waals surface area contributed by atoms with Gasteiger partial charge in [-0.25, -0.2) is 9.78 Å². The molecule has 4 rings (SSSR count). The van der Waals surface area contributed by atoms with Crippen LogP contribution in [0.3, 0.4) is 0 Å². The maximum atomic E-state index is 12.9. The van der Waals surface area contributed by atoms with Crippen molar-refractivity contribution < 1.29 is 14.7 Å². The maximum Gasteiger partial charge on any atom is 0.328 e. The fraction of sp³-hybridized carbons (Fsp3) is 0.353. The summed E-state index contributed by atoms with van der Waals surface area (Å²) in [6.07, 6.45) is 2.22. The van der Waals surface area contributed by atoms with Crippen LogP contribution in [0.25, 0.3) is 0 Å². The van der Waals surface area contributed by atoms with Crippen molar-refractivity contribution >= 4 is 61.6 Å². The van der Waals surface area contributed by atoms with Gasteiger partial charge < -0.3 is 10.0 Å². The highest BCUT2D eigenvalue weighted by Crippen LogP contribution is 2.47. The van der Waals surface area contributed by atoms with Gasteiger partial charge in [0, 0.05) is 35.2 Å². The number of aromatic nitrogens is 1. The second kappa shape index (κ2) is 7.05. The number of halogens is 2. The molecular formula is C17H16BrClN4O3S. The minimum Gasteiger partial charge on any atom is -0.387 e. The van der Waals surface area contributed by atoms with Crippen molar-refractivity contribution in [3.63, 3.8) is 0 Å². The number of amides is 3. The molecule has 1 saturated heterocycles. The summed E-state index contributed by atoms with van der Waals surface area (Å²) in [6, 6.07) is 5.52. The van der Waals surface area contributed by atoms with E-state index in [4.69, 9.17) is 11.6 Å². The third-order valence-electron chi connectivity index (χ3n) is 5.06. The highest BCUT2D eigenvalue weighted by molar-refractivity contribution is 9.10. The Kier molecular flexibility index (Phi) is 4.87. The molecule has 1 aromatic heterocycles. The number of carbonyl (C=O) groups excluding carboxylic acids is 2. The monoisotopic (exact) mass is 470 g/mol. The van der Waals surface area contributed by atoms with Crippen LogP contribution in [0.1, 0.15) is 12.0 Å². The summed E-state index contributed by atoms with van der Waals surface area (Å²) < 4.78 is 1.42. The number of urea groups is 1. The van der Waals surface area contributed by atoms with E-state index in [1.807, 2.05) is 18.2 Å². The Balaban J connectivity index is 1.64. The lowest BCUT2D eigenvalue weighted by Crippen LogP contribution is -2.42. The first-order valence-electron chi connectivity index (χ1n) is 8.30. The van der Waals surface area contributed by atoms with Gasteiger partial charge >= 0.3 is 6.03 Å². The number of hydrogen-bond acceptors (Lipinski definition) is 5. The molecule has 2 aromatic rings. The van der Waals surface area contributed by atoms with Crippen LogP contribution in [-0.4, -0.2) is 53.2 Å². The first kappa shape index (κ1) is 18.7. The topological polar surface area (TPSA) is 85.8 Å². The van der Waals surface area contributed by atoms with E-state index in [9.17, 15) is 14.7 Å². The minimum absolute atomic E-state index is 0.284. The Labute approximate surface area is 173 Å². The highest BCUT2D eigenvalue weighted by Gasteiger charge is 2.49. The molecule has 1 unspecified atom stereocenters. The van der Waals surface area contributed by atoms with Crippen molar-refractivity contribution in [2.75, 3.05) is 36.5 Å². The van der Waals surface area contributed by atoms with Crippen molar-refractivity contribution in [2.24, 2.45) is 0 Å². The quantitative estimate of drug-likeness (QED) is 0.705. The molecule has 1 spiro atoms. The van der Waals surface area contributed by atoms with Gasteiger partial charge in [0.2, 0.25) is 5.91 Å². The van der Waals surface area contributed by atoms with Crippen LogP contribution in [0.15, 0.2) is 28.9 Å². The van der Waals surface area contributed by atoms with Crippen LogP contribution in [0.2, 0.25) is 4.34 Å². The number of benzene rings is 1. The molecule has 27 heavy (non-hydrogen) atoms. The second-order valence-corrected chi connectivity index (χ2v) is 9.23. The van der Waals surface area contributed by atoms with Crippen molar-refractivity contribution in [1.29, 1.82) is 0 Å². The van der Waals surface area contributed by atoms with Crippen LogP contribution >= 0.6 is 38.9 Å². The fourth-order valence-corrected chi connectivity index (χ4v) is 4.99. The van der Waals surface area contributed by atoms with E-state index in [0.29, 0.717) is 29.1 Å². The first-order chi connectivity index (χ1) is 12.9. The summed E-state index contributed by atoms with van der Waals surface area (Å²) >= 11 is 10.6. The van der Waals surface area contributed by atoms with Crippen molar-refractivity contribution in [3.8, 4) is 0 Å². The van der Waals surface area contributed by atoms with E-state index in [0.717, 1.165) is 22.1 Å². The second-order valence-electron chi connectivity index (χ2n) is 6.65. The number of rotatable bonds is 2. The van der Waals surface area contributed by atoms with E-state index < -0.39 is 6.61 Å². The van der Waals surface area contributed by atoms with Crippen LogP contribution in [0, 0.1) is 0 Å². The number of anilines is 2. The molecule has 1 atom stereocenters. The number of fused-ring (bicyclic) bond motifs is 2. The molecule has 0 saturated carbocycles. The maximum absolute atomic E-state index is 12.9. The summed E-state index contributed by atoms with van der Waals surface area (Å²) in [5.41, 5.74) is 1.50. The predicted octanol–water partition coefficient (Wildman–Crippen LogP) is 3.07. The summed E-state index contributed by atoms with van der Waals surface area (Å²) in [4.78, 5) is 32.3. The minimum atomic E-state index is -0.504. The van der Waals surface area contributed by atoms with Gasteiger partial charge in [-0.3, -0.25) is 15.0 Å². The lowest BCUT2D eigenvalue weighted by atomic mass is 9.81. The first-order valence-corrected chi connectivity index (χ1v) is 10.3. The zero-order chi connectivity index (χ0) is 19.2. The molecular weight excluding hydrogens is 456 g/mol. The molecule has 0 radical (unpaired) electrons. The van der Waals surface area contributed by atoms with Crippen molar-refractivity contribution in [1.82, 2.24) is 9.88 Å². The molecule has 3 heterocycles. The van der Waals surface area contributed by atoms with Gasteiger partial charge in [-0.2, -0.15) is 0 Å². The molecule has 1 fully saturated rings. The normalized spacial score (nSPS) is 21.0. The smallest absolute Gasteiger partial charge is 0.328 e. The fourth-order valence-electron chi connectivity index (χ4n) is 3.83. The lowest BCUT2D eigenvalue weighted by molar-refractivity contribution is -0.133. The molecule has 1 aromatic carbocycles. The molecule has 2 aliphatic heterocycles. The summed E-state index contributed by atoms with van der Waals surface area (Å²) in [6.45, 7) is 0.987. The number of aliphatic hydroxyl groups is 1. The lowest BCUT2D eigenvalue weighted by Gasteiger charge is -2.25. The number of nitrogens with one attached hydrogen (secondary N) is 1. The molecule has 2 aliphatic rings. The van der Waals surface area contributed by atoms with E-state index in [1.165, 1.54) is 17.5 Å². The third kappa shape index (κ3) is 3.33. The van der Waals surface area contributed by atoms with E-state index in [2.05, 4.69) is 26.2 Å². The van der Waals surface area contributed by atoms with Crippen LogP contribution in [0.4, 0.5) is 15.6 Å². The van der Waals surface area contributed by atoms with Gasteiger partial charge in [0.15, 0.2) is 5.13 Å². The molecule has 2 N–H and O–H groups in total. The number of hydrogen-bond donors (Lipinski definition) is 2. The Morgan fingerprint density at radius 2 is 2.22 bits per heavy atom. The average Bonchev–Trinajstić information content (AvgIpc) is 3.34. The predicted molar refractivity (Wildman–Crippen MR) is 108 cm³/mol. The van der Waals surface area contributed by atoms with Gasteiger partial charge in [-0.15, -0.1) is 0 Å². The van der Waals surface area contributed by atoms with Crippen LogP contribution in [0.5, 0.6) is 0 Å². The number of carbonyl (C=O) groups is 2. The highest BCUT2D eigenvalue weighted by atomic mass is 79.9. The standard InChI is InChI=1S/C17H16BrClN4O3S/c18-10-1-2-12-11(5-10)17(3-4-22(8-17)14(25)7-24)9-23(12)16(26)21-15-20-6-13(19)27-15/h1-2,5-6,24H,3-4,7-9H2,(H,20,21,26). The van der Waals surface area contributed by atoms with Gasteiger partial charge in [-0.05, 0) is 30.2 Å². The van der Waals surface area contributed by atoms with Gasteiger partial charge in [-0.1, -0.05) is 38.9 Å².